The first-order chi connectivity index (χ1) is 11.2. The van der Waals surface area contributed by atoms with Crippen LogP contribution >= 0.6 is 0 Å². The molecule has 0 aliphatic rings. The number of rotatable bonds is 8. The molecule has 0 aliphatic heterocycles. The number of hydrogen-bond acceptors (Lipinski definition) is 5. The molecule has 2 N–H and O–H groups in total. The van der Waals surface area contributed by atoms with E-state index in [9.17, 15) is 9.18 Å². The maximum atomic E-state index is 12.8. The number of methoxy groups -OCH3 is 1. The number of carbonyl (C=O) groups excluding carboxylic acids is 1. The Hall–Kier alpha value is -2.54. The van der Waals surface area contributed by atoms with Gasteiger partial charge in [0.25, 0.3) is 5.91 Å². The van der Waals surface area contributed by atoms with Crippen molar-refractivity contribution in [3.8, 4) is 0 Å². The van der Waals surface area contributed by atoms with E-state index in [4.69, 9.17) is 4.74 Å². The number of nitrogens with one attached hydrogen (secondary N) is 2. The Bertz CT molecular complexity index is 634. The smallest absolute Gasteiger partial charge is 0.270 e. The van der Waals surface area contributed by atoms with Gasteiger partial charge in [-0.05, 0) is 24.1 Å². The van der Waals surface area contributed by atoms with Crippen molar-refractivity contribution in [2.24, 2.45) is 0 Å². The summed E-state index contributed by atoms with van der Waals surface area (Å²) in [6.07, 6.45) is 2.06. The molecule has 0 saturated carbocycles. The number of nitrogens with zero attached hydrogens (tertiary/aromatic N) is 2. The molecule has 0 atom stereocenters. The van der Waals surface area contributed by atoms with Crippen molar-refractivity contribution in [2.45, 2.75) is 6.42 Å². The monoisotopic (exact) mass is 318 g/mol. The highest BCUT2D eigenvalue weighted by Crippen LogP contribution is 2.06. The van der Waals surface area contributed by atoms with Crippen molar-refractivity contribution in [3.63, 3.8) is 0 Å². The Morgan fingerprint density at radius 1 is 1.22 bits per heavy atom. The van der Waals surface area contributed by atoms with E-state index in [1.165, 1.54) is 18.5 Å². The molecule has 0 bridgehead atoms. The molecule has 0 radical (unpaired) electrons. The first kappa shape index (κ1) is 16.8. The third-order valence-corrected chi connectivity index (χ3v) is 3.12. The van der Waals surface area contributed by atoms with Crippen molar-refractivity contribution in [3.05, 3.63) is 53.7 Å². The van der Waals surface area contributed by atoms with E-state index < -0.39 is 0 Å². The summed E-state index contributed by atoms with van der Waals surface area (Å²) in [7, 11) is 1.57. The van der Waals surface area contributed by atoms with Crippen LogP contribution in [0.2, 0.25) is 0 Å². The molecular formula is C16H19FN4O2. The van der Waals surface area contributed by atoms with Crippen LogP contribution in [0.15, 0.2) is 36.7 Å². The molecule has 1 aromatic heterocycles. The lowest BCUT2D eigenvalue weighted by molar-refractivity contribution is 0.0932. The summed E-state index contributed by atoms with van der Waals surface area (Å²) in [4.78, 5) is 19.9. The molecule has 122 valence electrons. The van der Waals surface area contributed by atoms with Gasteiger partial charge < -0.3 is 15.4 Å². The maximum Gasteiger partial charge on any atom is 0.270 e. The molecule has 1 amide bonds. The number of hydrogen-bond donors (Lipinski definition) is 2. The van der Waals surface area contributed by atoms with Crippen LogP contribution in [0.4, 0.5) is 10.2 Å². The lowest BCUT2D eigenvalue weighted by Gasteiger charge is -2.07. The lowest BCUT2D eigenvalue weighted by atomic mass is 10.1. The van der Waals surface area contributed by atoms with Gasteiger partial charge >= 0.3 is 0 Å². The first-order valence-electron chi connectivity index (χ1n) is 7.26. The van der Waals surface area contributed by atoms with E-state index in [0.29, 0.717) is 31.2 Å². The average molecular weight is 318 g/mol. The van der Waals surface area contributed by atoms with E-state index in [1.54, 1.807) is 25.3 Å². The Morgan fingerprint density at radius 3 is 2.74 bits per heavy atom. The van der Waals surface area contributed by atoms with Crippen LogP contribution in [0.25, 0.3) is 0 Å². The fourth-order valence-corrected chi connectivity index (χ4v) is 1.92. The van der Waals surface area contributed by atoms with E-state index in [0.717, 1.165) is 12.0 Å². The van der Waals surface area contributed by atoms with Gasteiger partial charge in [0.15, 0.2) is 0 Å². The predicted molar refractivity (Wildman–Crippen MR) is 84.8 cm³/mol. The number of amides is 1. The van der Waals surface area contributed by atoms with Crippen LogP contribution in [-0.2, 0) is 11.2 Å². The minimum Gasteiger partial charge on any atom is -0.383 e. The van der Waals surface area contributed by atoms with Crippen molar-refractivity contribution in [1.29, 1.82) is 0 Å². The van der Waals surface area contributed by atoms with Gasteiger partial charge in [0, 0.05) is 26.3 Å². The summed E-state index contributed by atoms with van der Waals surface area (Å²) in [5.41, 5.74) is 1.31. The minimum atomic E-state index is -0.272. The summed E-state index contributed by atoms with van der Waals surface area (Å²) in [6, 6.07) is 7.94. The quantitative estimate of drug-likeness (QED) is 0.724. The predicted octanol–water partition coefficient (Wildman–Crippen LogP) is 1.65. The summed E-state index contributed by atoms with van der Waals surface area (Å²) < 4.78 is 17.7. The van der Waals surface area contributed by atoms with Gasteiger partial charge in [0.05, 0.1) is 6.61 Å². The van der Waals surface area contributed by atoms with Crippen molar-refractivity contribution < 1.29 is 13.9 Å². The van der Waals surface area contributed by atoms with Crippen LogP contribution < -0.4 is 10.6 Å². The zero-order valence-electron chi connectivity index (χ0n) is 12.9. The SMILES string of the molecule is COCCNC(=O)c1cc(NCCc2ccc(F)cc2)ncn1. The first-order valence-corrected chi connectivity index (χ1v) is 7.26. The Balaban J connectivity index is 1.84. The normalized spacial score (nSPS) is 10.3. The van der Waals surface area contributed by atoms with Crippen molar-refractivity contribution in [2.75, 3.05) is 32.1 Å². The Kier molecular flexibility index (Phi) is 6.43. The minimum absolute atomic E-state index is 0.248. The van der Waals surface area contributed by atoms with Gasteiger partial charge in [-0.25, -0.2) is 14.4 Å². The largest absolute Gasteiger partial charge is 0.383 e. The average Bonchev–Trinajstić information content (AvgIpc) is 2.57. The molecule has 0 fully saturated rings. The van der Waals surface area contributed by atoms with Gasteiger partial charge in [-0.3, -0.25) is 4.79 Å². The Morgan fingerprint density at radius 2 is 2.00 bits per heavy atom. The van der Waals surface area contributed by atoms with E-state index in [2.05, 4.69) is 20.6 Å². The second-order valence-corrected chi connectivity index (χ2v) is 4.84. The van der Waals surface area contributed by atoms with E-state index in [1.807, 2.05) is 0 Å². The highest BCUT2D eigenvalue weighted by Gasteiger charge is 2.07. The third-order valence-electron chi connectivity index (χ3n) is 3.12. The van der Waals surface area contributed by atoms with Gasteiger partial charge in [-0.2, -0.15) is 0 Å². The summed E-state index contributed by atoms with van der Waals surface area (Å²) in [5.74, 6) is 0.0478. The van der Waals surface area contributed by atoms with E-state index >= 15 is 0 Å². The molecule has 0 aliphatic carbocycles. The number of aromatic nitrogens is 2. The van der Waals surface area contributed by atoms with Crippen molar-refractivity contribution >= 4 is 11.7 Å². The standard InChI is InChI=1S/C16H19FN4O2/c1-23-9-8-19-16(22)14-10-15(21-11-20-14)18-7-6-12-2-4-13(17)5-3-12/h2-5,10-11H,6-9H2,1H3,(H,19,22)(H,18,20,21). The van der Waals surface area contributed by atoms with Gasteiger partial charge in [0.1, 0.15) is 23.7 Å². The fourth-order valence-electron chi connectivity index (χ4n) is 1.92. The fraction of sp³-hybridized carbons (Fsp3) is 0.312. The number of benzene rings is 1. The second-order valence-electron chi connectivity index (χ2n) is 4.84. The Labute approximate surface area is 134 Å². The second kappa shape index (κ2) is 8.79. The molecular weight excluding hydrogens is 299 g/mol. The molecule has 1 aromatic carbocycles. The van der Waals surface area contributed by atoms with Crippen LogP contribution in [0.5, 0.6) is 0 Å². The van der Waals surface area contributed by atoms with E-state index in [-0.39, 0.29) is 11.7 Å². The van der Waals surface area contributed by atoms with Crippen molar-refractivity contribution in [1.82, 2.24) is 15.3 Å². The molecule has 23 heavy (non-hydrogen) atoms. The van der Waals surface area contributed by atoms with Crippen LogP contribution in [0.3, 0.4) is 0 Å². The maximum absolute atomic E-state index is 12.8. The third kappa shape index (κ3) is 5.63. The molecule has 0 unspecified atom stereocenters. The van der Waals surface area contributed by atoms with Gasteiger partial charge in [0.2, 0.25) is 0 Å². The topological polar surface area (TPSA) is 76.1 Å². The zero-order valence-corrected chi connectivity index (χ0v) is 12.9. The molecule has 2 rings (SSSR count). The summed E-state index contributed by atoms with van der Waals surface area (Å²) in [5, 5.41) is 5.82. The van der Waals surface area contributed by atoms with Crippen LogP contribution in [0, 0.1) is 5.82 Å². The molecule has 6 nitrogen and oxygen atoms in total. The number of ether oxygens (including phenoxy) is 1. The number of carbonyl (C=O) groups is 1. The van der Waals surface area contributed by atoms with Gasteiger partial charge in [-0.15, -0.1) is 0 Å². The number of halogens is 1. The number of anilines is 1. The van der Waals surface area contributed by atoms with Crippen LogP contribution in [0.1, 0.15) is 16.1 Å². The lowest BCUT2D eigenvalue weighted by Crippen LogP contribution is -2.27. The molecule has 2 aromatic rings. The highest BCUT2D eigenvalue weighted by molar-refractivity contribution is 5.92. The highest BCUT2D eigenvalue weighted by atomic mass is 19.1. The molecule has 1 heterocycles. The zero-order chi connectivity index (χ0) is 16.5. The van der Waals surface area contributed by atoms with Gasteiger partial charge in [-0.1, -0.05) is 12.1 Å². The van der Waals surface area contributed by atoms with Crippen LogP contribution in [-0.4, -0.2) is 42.7 Å². The molecule has 7 heteroatoms. The summed E-state index contributed by atoms with van der Waals surface area (Å²) >= 11 is 0. The molecule has 0 saturated heterocycles. The summed E-state index contributed by atoms with van der Waals surface area (Å²) in [6.45, 7) is 1.49. The molecule has 0 spiro atoms.